The number of anilines is 1. The first-order chi connectivity index (χ1) is 9.52. The molecular formula is C13H14N4O2S. The highest BCUT2D eigenvalue weighted by Crippen LogP contribution is 2.19. The van der Waals surface area contributed by atoms with E-state index in [0.717, 1.165) is 5.56 Å². The second-order valence-electron chi connectivity index (χ2n) is 4.47. The fraction of sp³-hybridized carbons (Fsp3) is 0.231. The Kier molecular flexibility index (Phi) is 4.05. The van der Waals surface area contributed by atoms with Gasteiger partial charge in [-0.3, -0.25) is 9.82 Å². The summed E-state index contributed by atoms with van der Waals surface area (Å²) in [7, 11) is -3.56. The Morgan fingerprint density at radius 2 is 2.10 bits per heavy atom. The van der Waals surface area contributed by atoms with Gasteiger partial charge in [0.15, 0.2) is 5.82 Å². The van der Waals surface area contributed by atoms with Crippen molar-refractivity contribution in [2.24, 2.45) is 0 Å². The summed E-state index contributed by atoms with van der Waals surface area (Å²) in [6, 6.07) is 11.3. The zero-order valence-corrected chi connectivity index (χ0v) is 11.7. The molecule has 0 aliphatic rings. The number of hydrogen-bond donors (Lipinski definition) is 2. The molecule has 0 fully saturated rings. The minimum Gasteiger partial charge on any atom is -0.267 e. The molecule has 0 aliphatic heterocycles. The first kappa shape index (κ1) is 14.1. The van der Waals surface area contributed by atoms with Crippen LogP contribution in [0.4, 0.5) is 5.82 Å². The van der Waals surface area contributed by atoms with Gasteiger partial charge >= 0.3 is 0 Å². The van der Waals surface area contributed by atoms with Crippen molar-refractivity contribution in [3.8, 4) is 6.07 Å². The van der Waals surface area contributed by atoms with E-state index in [4.69, 9.17) is 5.26 Å². The van der Waals surface area contributed by atoms with Gasteiger partial charge in [0.25, 0.3) is 0 Å². The summed E-state index contributed by atoms with van der Waals surface area (Å²) >= 11 is 0. The van der Waals surface area contributed by atoms with Gasteiger partial charge in [0.05, 0.1) is 11.9 Å². The molecular weight excluding hydrogens is 276 g/mol. The van der Waals surface area contributed by atoms with Crippen LogP contribution in [0.3, 0.4) is 0 Å². The Balaban J connectivity index is 2.11. The second kappa shape index (κ2) is 5.75. The van der Waals surface area contributed by atoms with Crippen molar-refractivity contribution in [1.29, 1.82) is 5.26 Å². The number of hydrogen-bond acceptors (Lipinski definition) is 4. The van der Waals surface area contributed by atoms with Gasteiger partial charge in [-0.05, 0) is 11.5 Å². The first-order valence-corrected chi connectivity index (χ1v) is 7.66. The van der Waals surface area contributed by atoms with Crippen molar-refractivity contribution in [1.82, 2.24) is 10.2 Å². The van der Waals surface area contributed by atoms with E-state index in [2.05, 4.69) is 14.9 Å². The lowest BCUT2D eigenvalue weighted by molar-refractivity contribution is 0.595. The number of sulfonamides is 1. The third-order valence-corrected chi connectivity index (χ3v) is 4.31. The molecule has 20 heavy (non-hydrogen) atoms. The normalized spacial score (nSPS) is 12.6. The molecule has 1 atom stereocenters. The molecule has 104 valence electrons. The molecule has 1 aromatic heterocycles. The van der Waals surface area contributed by atoms with Crippen LogP contribution in [-0.4, -0.2) is 24.4 Å². The Hall–Kier alpha value is -2.33. The quantitative estimate of drug-likeness (QED) is 0.877. The zero-order chi connectivity index (χ0) is 14.6. The lowest BCUT2D eigenvalue weighted by Gasteiger charge is -2.13. The van der Waals surface area contributed by atoms with Crippen LogP contribution in [0.15, 0.2) is 36.5 Å². The molecule has 0 bridgehead atoms. The molecule has 0 aliphatic carbocycles. The van der Waals surface area contributed by atoms with Gasteiger partial charge in [0.1, 0.15) is 11.6 Å². The summed E-state index contributed by atoms with van der Waals surface area (Å²) in [6.45, 7) is 1.84. The predicted octanol–water partition coefficient (Wildman–Crippen LogP) is 1.83. The Bertz CT molecular complexity index is 716. The summed E-state index contributed by atoms with van der Waals surface area (Å²) in [5.74, 6) is -0.115. The SMILES string of the molecule is CC(CS(=O)(=O)Nc1[nH]ncc1C#N)c1ccccc1. The van der Waals surface area contributed by atoms with E-state index in [-0.39, 0.29) is 23.1 Å². The maximum absolute atomic E-state index is 12.1. The number of aromatic nitrogens is 2. The third-order valence-electron chi connectivity index (χ3n) is 2.86. The van der Waals surface area contributed by atoms with Crippen molar-refractivity contribution >= 4 is 15.8 Å². The average molecular weight is 290 g/mol. The van der Waals surface area contributed by atoms with Gasteiger partial charge in [-0.25, -0.2) is 8.42 Å². The maximum atomic E-state index is 12.1. The number of nitriles is 1. The van der Waals surface area contributed by atoms with Gasteiger partial charge < -0.3 is 0 Å². The van der Waals surface area contributed by atoms with E-state index in [0.29, 0.717) is 0 Å². The molecule has 0 radical (unpaired) electrons. The molecule has 2 N–H and O–H groups in total. The number of rotatable bonds is 5. The summed E-state index contributed by atoms with van der Waals surface area (Å²) in [5.41, 5.74) is 1.11. The number of H-pyrrole nitrogens is 1. The molecule has 1 heterocycles. The zero-order valence-electron chi connectivity index (χ0n) is 10.9. The number of nitrogens with zero attached hydrogens (tertiary/aromatic N) is 2. The average Bonchev–Trinajstić information content (AvgIpc) is 2.85. The smallest absolute Gasteiger partial charge is 0.234 e. The second-order valence-corrected chi connectivity index (χ2v) is 6.23. The fourth-order valence-electron chi connectivity index (χ4n) is 1.85. The molecule has 1 aromatic carbocycles. The summed E-state index contributed by atoms with van der Waals surface area (Å²) < 4.78 is 26.5. The van der Waals surface area contributed by atoms with Crippen LogP contribution in [0, 0.1) is 11.3 Å². The van der Waals surface area contributed by atoms with Crippen LogP contribution >= 0.6 is 0 Å². The Morgan fingerprint density at radius 3 is 2.75 bits per heavy atom. The molecule has 0 saturated carbocycles. The van der Waals surface area contributed by atoms with Crippen LogP contribution in [0.2, 0.25) is 0 Å². The van der Waals surface area contributed by atoms with Gasteiger partial charge in [0, 0.05) is 0 Å². The fourth-order valence-corrected chi connectivity index (χ4v) is 3.25. The molecule has 1 unspecified atom stereocenters. The molecule has 6 nitrogen and oxygen atoms in total. The minimum absolute atomic E-state index is 0.0685. The largest absolute Gasteiger partial charge is 0.267 e. The van der Waals surface area contributed by atoms with Crippen molar-refractivity contribution in [2.45, 2.75) is 12.8 Å². The van der Waals surface area contributed by atoms with Crippen LogP contribution in [-0.2, 0) is 10.0 Å². The highest BCUT2D eigenvalue weighted by molar-refractivity contribution is 7.92. The van der Waals surface area contributed by atoms with Crippen molar-refractivity contribution < 1.29 is 8.42 Å². The van der Waals surface area contributed by atoms with Gasteiger partial charge in [0.2, 0.25) is 10.0 Å². The number of aromatic amines is 1. The van der Waals surface area contributed by atoms with Crippen LogP contribution in [0.1, 0.15) is 24.0 Å². The van der Waals surface area contributed by atoms with E-state index in [9.17, 15) is 8.42 Å². The molecule has 2 aromatic rings. The van der Waals surface area contributed by atoms with E-state index < -0.39 is 10.0 Å². The first-order valence-electron chi connectivity index (χ1n) is 6.01. The molecule has 0 spiro atoms. The monoisotopic (exact) mass is 290 g/mol. The van der Waals surface area contributed by atoms with Crippen molar-refractivity contribution in [3.05, 3.63) is 47.7 Å². The maximum Gasteiger partial charge on any atom is 0.234 e. The predicted molar refractivity (Wildman–Crippen MR) is 75.6 cm³/mol. The summed E-state index contributed by atoms with van der Waals surface area (Å²) in [4.78, 5) is 0. The van der Waals surface area contributed by atoms with Crippen molar-refractivity contribution in [3.63, 3.8) is 0 Å². The van der Waals surface area contributed by atoms with E-state index in [1.165, 1.54) is 6.20 Å². The standard InChI is InChI=1S/C13H14N4O2S/c1-10(11-5-3-2-4-6-11)9-20(18,19)17-13-12(7-14)8-15-16-13/h2-6,8,10H,9H2,1H3,(H2,15,16,17). The molecule has 0 amide bonds. The lowest BCUT2D eigenvalue weighted by atomic mass is 10.0. The number of benzene rings is 1. The highest BCUT2D eigenvalue weighted by Gasteiger charge is 2.19. The molecule has 2 rings (SSSR count). The minimum atomic E-state index is -3.56. The Morgan fingerprint density at radius 1 is 1.40 bits per heavy atom. The summed E-state index contributed by atoms with van der Waals surface area (Å²) in [5, 5.41) is 14.9. The summed E-state index contributed by atoms with van der Waals surface area (Å²) in [6.07, 6.45) is 1.28. The molecule has 7 heteroatoms. The lowest BCUT2D eigenvalue weighted by Crippen LogP contribution is -2.21. The van der Waals surface area contributed by atoms with E-state index >= 15 is 0 Å². The Labute approximate surface area is 117 Å². The van der Waals surface area contributed by atoms with E-state index in [1.807, 2.05) is 43.3 Å². The van der Waals surface area contributed by atoms with Gasteiger partial charge in [-0.2, -0.15) is 10.4 Å². The third kappa shape index (κ3) is 3.36. The van der Waals surface area contributed by atoms with Crippen LogP contribution in [0.25, 0.3) is 0 Å². The molecule has 0 saturated heterocycles. The van der Waals surface area contributed by atoms with Gasteiger partial charge in [-0.1, -0.05) is 37.3 Å². The van der Waals surface area contributed by atoms with Gasteiger partial charge in [-0.15, -0.1) is 0 Å². The topological polar surface area (TPSA) is 98.6 Å². The highest BCUT2D eigenvalue weighted by atomic mass is 32.2. The van der Waals surface area contributed by atoms with Crippen LogP contribution < -0.4 is 4.72 Å². The van der Waals surface area contributed by atoms with Crippen LogP contribution in [0.5, 0.6) is 0 Å². The van der Waals surface area contributed by atoms with Crippen molar-refractivity contribution in [2.75, 3.05) is 10.5 Å². The number of nitrogens with one attached hydrogen (secondary N) is 2. The van der Waals surface area contributed by atoms with E-state index in [1.54, 1.807) is 0 Å².